The van der Waals surface area contributed by atoms with E-state index in [9.17, 15) is 9.59 Å². The van der Waals surface area contributed by atoms with Gasteiger partial charge in [0, 0.05) is 31.1 Å². The van der Waals surface area contributed by atoms with E-state index >= 15 is 0 Å². The molecular weight excluding hydrogens is 340 g/mol. The highest BCUT2D eigenvalue weighted by Gasteiger charge is 2.21. The number of benzene rings is 1. The van der Waals surface area contributed by atoms with Crippen molar-refractivity contribution < 1.29 is 14.3 Å². The van der Waals surface area contributed by atoms with Gasteiger partial charge < -0.3 is 14.6 Å². The third-order valence-electron chi connectivity index (χ3n) is 5.00. The molecule has 0 radical (unpaired) electrons. The second kappa shape index (κ2) is 7.75. The molecule has 1 aliphatic rings. The van der Waals surface area contributed by atoms with E-state index in [0.29, 0.717) is 24.9 Å². The van der Waals surface area contributed by atoms with Gasteiger partial charge in [-0.25, -0.2) is 0 Å². The lowest BCUT2D eigenvalue weighted by atomic mass is 9.95. The number of aryl methyl sites for hydroxylation is 2. The van der Waals surface area contributed by atoms with Crippen molar-refractivity contribution in [2.24, 2.45) is 0 Å². The second-order valence-electron chi connectivity index (χ2n) is 8.43. The van der Waals surface area contributed by atoms with Gasteiger partial charge in [0.25, 0.3) is 5.91 Å². The summed E-state index contributed by atoms with van der Waals surface area (Å²) in [5.41, 5.74) is 3.85. The zero-order valence-electron chi connectivity index (χ0n) is 16.9. The van der Waals surface area contributed by atoms with Gasteiger partial charge >= 0.3 is 5.97 Å². The van der Waals surface area contributed by atoms with Crippen LogP contribution in [0.4, 0.5) is 0 Å². The van der Waals surface area contributed by atoms with Gasteiger partial charge in [0.1, 0.15) is 5.60 Å². The molecule has 1 amide bonds. The van der Waals surface area contributed by atoms with Crippen molar-refractivity contribution in [3.05, 3.63) is 35.0 Å². The maximum absolute atomic E-state index is 13.0. The van der Waals surface area contributed by atoms with Gasteiger partial charge in [-0.3, -0.25) is 9.59 Å². The molecule has 2 aromatic rings. The minimum Gasteiger partial charge on any atom is -0.460 e. The molecule has 1 aromatic heterocycles. The van der Waals surface area contributed by atoms with E-state index < -0.39 is 5.60 Å². The second-order valence-corrected chi connectivity index (χ2v) is 8.43. The van der Waals surface area contributed by atoms with Crippen molar-refractivity contribution in [1.82, 2.24) is 9.88 Å². The molecule has 27 heavy (non-hydrogen) atoms. The standard InChI is InChI=1S/C22H30N2O3/c1-22(2,3)27-19(25)13-8-14-24(4)21(26)17-11-7-10-16-15-9-5-6-12-18(15)23-20(16)17/h7,10-11,23H,5-6,8-9,12-14H2,1-4H3. The average molecular weight is 370 g/mol. The molecule has 1 N–H and O–H groups in total. The first kappa shape index (κ1) is 19.5. The minimum atomic E-state index is -0.471. The highest BCUT2D eigenvalue weighted by atomic mass is 16.6. The predicted octanol–water partition coefficient (Wildman–Crippen LogP) is 4.24. The van der Waals surface area contributed by atoms with Crippen LogP contribution in [0.1, 0.15) is 68.1 Å². The number of nitrogens with one attached hydrogen (secondary N) is 1. The smallest absolute Gasteiger partial charge is 0.306 e. The summed E-state index contributed by atoms with van der Waals surface area (Å²) in [7, 11) is 1.79. The normalized spacial score (nSPS) is 14.1. The molecule has 0 atom stereocenters. The largest absolute Gasteiger partial charge is 0.460 e. The van der Waals surface area contributed by atoms with Crippen molar-refractivity contribution in [3.8, 4) is 0 Å². The van der Waals surface area contributed by atoms with E-state index in [1.807, 2.05) is 32.9 Å². The Morgan fingerprint density at radius 2 is 1.93 bits per heavy atom. The number of aromatic nitrogens is 1. The van der Waals surface area contributed by atoms with Crippen molar-refractivity contribution in [2.45, 2.75) is 64.9 Å². The number of H-pyrrole nitrogens is 1. The van der Waals surface area contributed by atoms with Crippen LogP contribution in [-0.4, -0.2) is 41.0 Å². The molecule has 0 fully saturated rings. The molecule has 5 heteroatoms. The Morgan fingerprint density at radius 3 is 2.67 bits per heavy atom. The third-order valence-corrected chi connectivity index (χ3v) is 5.00. The van der Waals surface area contributed by atoms with Gasteiger partial charge in [0.05, 0.1) is 11.1 Å². The van der Waals surface area contributed by atoms with Crippen LogP contribution < -0.4 is 0 Å². The summed E-state index contributed by atoms with van der Waals surface area (Å²) < 4.78 is 5.32. The van der Waals surface area contributed by atoms with E-state index in [-0.39, 0.29) is 11.9 Å². The maximum atomic E-state index is 13.0. The molecule has 146 valence electrons. The Kier molecular flexibility index (Phi) is 5.59. The number of para-hydroxylation sites is 1. The van der Waals surface area contributed by atoms with Gasteiger partial charge in [-0.15, -0.1) is 0 Å². The van der Waals surface area contributed by atoms with E-state index in [0.717, 1.165) is 18.4 Å². The minimum absolute atomic E-state index is 0.0108. The number of fused-ring (bicyclic) bond motifs is 3. The topological polar surface area (TPSA) is 62.4 Å². The number of esters is 1. The van der Waals surface area contributed by atoms with Gasteiger partial charge in [0.15, 0.2) is 0 Å². The maximum Gasteiger partial charge on any atom is 0.306 e. The van der Waals surface area contributed by atoms with Crippen LogP contribution in [0.5, 0.6) is 0 Å². The molecule has 3 rings (SSSR count). The highest BCUT2D eigenvalue weighted by molar-refractivity contribution is 6.06. The Morgan fingerprint density at radius 1 is 1.19 bits per heavy atom. The molecule has 0 aliphatic heterocycles. The van der Waals surface area contributed by atoms with Crippen LogP contribution >= 0.6 is 0 Å². The number of carbonyl (C=O) groups is 2. The first-order chi connectivity index (χ1) is 12.8. The van der Waals surface area contributed by atoms with Gasteiger partial charge in [-0.05, 0) is 64.5 Å². The van der Waals surface area contributed by atoms with Gasteiger partial charge in [0.2, 0.25) is 0 Å². The number of nitrogens with zero attached hydrogens (tertiary/aromatic N) is 1. The SMILES string of the molecule is CN(CCCC(=O)OC(C)(C)C)C(=O)c1cccc2c3c([nH]c12)CCCC3. The fourth-order valence-corrected chi connectivity index (χ4v) is 3.77. The lowest BCUT2D eigenvalue weighted by Crippen LogP contribution is -2.29. The third kappa shape index (κ3) is 4.52. The van der Waals surface area contributed by atoms with Crippen molar-refractivity contribution in [3.63, 3.8) is 0 Å². The fraction of sp³-hybridized carbons (Fsp3) is 0.545. The summed E-state index contributed by atoms with van der Waals surface area (Å²) in [5.74, 6) is -0.231. The molecule has 0 spiro atoms. The number of rotatable bonds is 5. The number of hydrogen-bond acceptors (Lipinski definition) is 3. The van der Waals surface area contributed by atoms with Gasteiger partial charge in [-0.2, -0.15) is 0 Å². The molecule has 0 saturated carbocycles. The van der Waals surface area contributed by atoms with Crippen LogP contribution in [-0.2, 0) is 22.4 Å². The zero-order valence-corrected chi connectivity index (χ0v) is 16.9. The Balaban J connectivity index is 1.67. The van der Waals surface area contributed by atoms with Gasteiger partial charge in [-0.1, -0.05) is 12.1 Å². The van der Waals surface area contributed by atoms with Crippen molar-refractivity contribution in [2.75, 3.05) is 13.6 Å². The van der Waals surface area contributed by atoms with Crippen LogP contribution in [0.3, 0.4) is 0 Å². The Bertz CT molecular complexity index is 845. The first-order valence-corrected chi connectivity index (χ1v) is 9.86. The Labute approximate surface area is 161 Å². The number of amides is 1. The summed E-state index contributed by atoms with van der Waals surface area (Å²) in [5, 5.41) is 1.18. The Hall–Kier alpha value is -2.30. The average Bonchev–Trinajstić information content (AvgIpc) is 2.98. The molecule has 1 aromatic carbocycles. The summed E-state index contributed by atoms with van der Waals surface area (Å²) in [6, 6.07) is 5.96. The number of ether oxygens (including phenoxy) is 1. The van der Waals surface area contributed by atoms with Crippen molar-refractivity contribution in [1.29, 1.82) is 0 Å². The molecule has 1 aliphatic carbocycles. The summed E-state index contributed by atoms with van der Waals surface area (Å²) in [6.07, 6.45) is 5.46. The van der Waals surface area contributed by atoms with Crippen LogP contribution in [0.2, 0.25) is 0 Å². The number of hydrogen-bond donors (Lipinski definition) is 1. The molecular formula is C22H30N2O3. The van der Waals surface area contributed by atoms with Crippen LogP contribution in [0.15, 0.2) is 18.2 Å². The predicted molar refractivity (Wildman–Crippen MR) is 107 cm³/mol. The summed E-state index contributed by atoms with van der Waals surface area (Å²) in [6.45, 7) is 6.10. The monoisotopic (exact) mass is 370 g/mol. The zero-order chi connectivity index (χ0) is 19.6. The lowest BCUT2D eigenvalue weighted by Gasteiger charge is -2.20. The van der Waals surface area contributed by atoms with E-state index in [1.165, 1.54) is 29.5 Å². The first-order valence-electron chi connectivity index (χ1n) is 9.86. The fourth-order valence-electron chi connectivity index (χ4n) is 3.77. The highest BCUT2D eigenvalue weighted by Crippen LogP contribution is 2.31. The number of carbonyl (C=O) groups excluding carboxylic acids is 2. The molecule has 0 bridgehead atoms. The van der Waals surface area contributed by atoms with Crippen LogP contribution in [0.25, 0.3) is 10.9 Å². The summed E-state index contributed by atoms with van der Waals surface area (Å²) in [4.78, 5) is 30.0. The van der Waals surface area contributed by atoms with E-state index in [2.05, 4.69) is 11.1 Å². The van der Waals surface area contributed by atoms with Crippen LogP contribution in [0, 0.1) is 0 Å². The number of aromatic amines is 1. The quantitative estimate of drug-likeness (QED) is 0.801. The molecule has 1 heterocycles. The molecule has 0 saturated heterocycles. The molecule has 5 nitrogen and oxygen atoms in total. The lowest BCUT2D eigenvalue weighted by molar-refractivity contribution is -0.154. The van der Waals surface area contributed by atoms with E-state index in [4.69, 9.17) is 4.74 Å². The summed E-state index contributed by atoms with van der Waals surface area (Å²) >= 11 is 0. The molecule has 0 unspecified atom stereocenters. The van der Waals surface area contributed by atoms with E-state index in [1.54, 1.807) is 11.9 Å². The van der Waals surface area contributed by atoms with Crippen molar-refractivity contribution >= 4 is 22.8 Å².